The van der Waals surface area contributed by atoms with E-state index in [4.69, 9.17) is 16.3 Å². The predicted octanol–water partition coefficient (Wildman–Crippen LogP) is 2.42. The zero-order chi connectivity index (χ0) is 14.3. The molecule has 19 heavy (non-hydrogen) atoms. The number of carbonyl (C=O) groups is 1. The lowest BCUT2D eigenvalue weighted by molar-refractivity contribution is -0.124. The van der Waals surface area contributed by atoms with Crippen molar-refractivity contribution in [3.05, 3.63) is 17.4 Å². The number of aromatic nitrogens is 2. The maximum Gasteiger partial charge on any atom is 0.244 e. The van der Waals surface area contributed by atoms with Crippen LogP contribution in [0.5, 0.6) is 0 Å². The number of rotatable bonds is 8. The highest BCUT2D eigenvalue weighted by atomic mass is 35.5. The van der Waals surface area contributed by atoms with Gasteiger partial charge in [0.05, 0.1) is 17.3 Å². The zero-order valence-electron chi connectivity index (χ0n) is 11.7. The summed E-state index contributed by atoms with van der Waals surface area (Å²) < 4.78 is 7.01. The third-order valence-corrected chi connectivity index (χ3v) is 2.85. The van der Waals surface area contributed by atoms with Crippen LogP contribution in [0.2, 0.25) is 5.02 Å². The second-order valence-electron chi connectivity index (χ2n) is 4.63. The number of ether oxygens (including phenoxy) is 1. The van der Waals surface area contributed by atoms with Gasteiger partial charge in [0.2, 0.25) is 5.91 Å². The molecule has 0 saturated heterocycles. The van der Waals surface area contributed by atoms with Crippen molar-refractivity contribution >= 4 is 17.5 Å². The van der Waals surface area contributed by atoms with Crippen molar-refractivity contribution < 1.29 is 9.53 Å². The highest BCUT2D eigenvalue weighted by Crippen LogP contribution is 2.14. The summed E-state index contributed by atoms with van der Waals surface area (Å²) in [5.41, 5.74) is 0. The molecule has 0 saturated carbocycles. The minimum Gasteiger partial charge on any atom is -0.379 e. The van der Waals surface area contributed by atoms with Crippen molar-refractivity contribution in [2.24, 2.45) is 0 Å². The van der Waals surface area contributed by atoms with Gasteiger partial charge in [0.25, 0.3) is 0 Å². The van der Waals surface area contributed by atoms with Crippen LogP contribution in [-0.2, 0) is 9.53 Å². The number of nitrogens with zero attached hydrogens (tertiary/aromatic N) is 2. The number of nitrogens with one attached hydrogen (secondary N) is 1. The van der Waals surface area contributed by atoms with Gasteiger partial charge in [-0.25, -0.2) is 0 Å². The third-order valence-electron chi connectivity index (χ3n) is 2.65. The molecule has 0 spiro atoms. The largest absolute Gasteiger partial charge is 0.379 e. The molecule has 0 aliphatic heterocycles. The van der Waals surface area contributed by atoms with E-state index in [1.165, 1.54) is 6.20 Å². The predicted molar refractivity (Wildman–Crippen MR) is 75.3 cm³/mol. The molecule has 1 amide bonds. The quantitative estimate of drug-likeness (QED) is 0.747. The SMILES string of the molecule is CCC(C(=O)NCCCOC(C)C)n1cc(Cl)cn1. The Morgan fingerprint density at radius 1 is 1.58 bits per heavy atom. The monoisotopic (exact) mass is 287 g/mol. The Hall–Kier alpha value is -1.07. The summed E-state index contributed by atoms with van der Waals surface area (Å²) in [6.07, 6.45) is 4.91. The van der Waals surface area contributed by atoms with Gasteiger partial charge >= 0.3 is 0 Å². The lowest BCUT2D eigenvalue weighted by Gasteiger charge is -2.15. The van der Waals surface area contributed by atoms with Gasteiger partial charge in [0.1, 0.15) is 6.04 Å². The van der Waals surface area contributed by atoms with Gasteiger partial charge in [0, 0.05) is 19.3 Å². The molecule has 1 heterocycles. The van der Waals surface area contributed by atoms with Crippen molar-refractivity contribution in [3.8, 4) is 0 Å². The molecule has 1 unspecified atom stereocenters. The number of hydrogen-bond donors (Lipinski definition) is 1. The van der Waals surface area contributed by atoms with Crippen LogP contribution in [0.25, 0.3) is 0 Å². The lowest BCUT2D eigenvalue weighted by Crippen LogP contribution is -2.33. The highest BCUT2D eigenvalue weighted by molar-refractivity contribution is 6.30. The minimum atomic E-state index is -0.307. The fourth-order valence-corrected chi connectivity index (χ4v) is 1.84. The Morgan fingerprint density at radius 2 is 2.32 bits per heavy atom. The molecular weight excluding hydrogens is 266 g/mol. The molecule has 0 bridgehead atoms. The molecule has 5 nitrogen and oxygen atoms in total. The second-order valence-corrected chi connectivity index (χ2v) is 5.06. The number of halogens is 1. The fraction of sp³-hybridized carbons (Fsp3) is 0.692. The van der Waals surface area contributed by atoms with Crippen LogP contribution in [0.4, 0.5) is 0 Å². The van der Waals surface area contributed by atoms with Gasteiger partial charge in [0.15, 0.2) is 0 Å². The van der Waals surface area contributed by atoms with Crippen molar-refractivity contribution in [1.29, 1.82) is 0 Å². The van der Waals surface area contributed by atoms with E-state index in [9.17, 15) is 4.79 Å². The van der Waals surface area contributed by atoms with E-state index >= 15 is 0 Å². The molecule has 108 valence electrons. The van der Waals surface area contributed by atoms with Gasteiger partial charge in [-0.2, -0.15) is 5.10 Å². The molecular formula is C13H22ClN3O2. The second kappa shape index (κ2) is 8.17. The van der Waals surface area contributed by atoms with Crippen LogP contribution in [0, 0.1) is 0 Å². The molecule has 0 aliphatic rings. The average molecular weight is 288 g/mol. The van der Waals surface area contributed by atoms with E-state index < -0.39 is 0 Å². The van der Waals surface area contributed by atoms with Crippen LogP contribution in [0.1, 0.15) is 39.7 Å². The van der Waals surface area contributed by atoms with Gasteiger partial charge in [-0.3, -0.25) is 9.48 Å². The highest BCUT2D eigenvalue weighted by Gasteiger charge is 2.18. The standard InChI is InChI=1S/C13H22ClN3O2/c1-4-12(17-9-11(14)8-16-17)13(18)15-6-5-7-19-10(2)3/h8-10,12H,4-7H2,1-3H3,(H,15,18). The van der Waals surface area contributed by atoms with Crippen LogP contribution in [-0.4, -0.2) is 34.9 Å². The fourth-order valence-electron chi connectivity index (χ4n) is 1.70. The third kappa shape index (κ3) is 5.61. The van der Waals surface area contributed by atoms with E-state index in [-0.39, 0.29) is 18.1 Å². The van der Waals surface area contributed by atoms with E-state index in [1.807, 2.05) is 20.8 Å². The molecule has 0 aromatic carbocycles. The summed E-state index contributed by atoms with van der Waals surface area (Å²) in [5, 5.41) is 7.51. The first-order chi connectivity index (χ1) is 9.04. The number of amides is 1. The molecule has 1 aromatic rings. The molecule has 0 fully saturated rings. The van der Waals surface area contributed by atoms with E-state index in [1.54, 1.807) is 10.9 Å². The first-order valence-electron chi connectivity index (χ1n) is 6.63. The zero-order valence-corrected chi connectivity index (χ0v) is 12.5. The van der Waals surface area contributed by atoms with Gasteiger partial charge in [-0.15, -0.1) is 0 Å². The molecule has 1 rings (SSSR count). The molecule has 0 radical (unpaired) electrons. The normalized spacial score (nSPS) is 12.7. The lowest BCUT2D eigenvalue weighted by atomic mass is 10.2. The molecule has 1 aromatic heterocycles. The van der Waals surface area contributed by atoms with Crippen molar-refractivity contribution in [2.45, 2.75) is 45.8 Å². The number of hydrogen-bond acceptors (Lipinski definition) is 3. The van der Waals surface area contributed by atoms with Crippen molar-refractivity contribution in [1.82, 2.24) is 15.1 Å². The van der Waals surface area contributed by atoms with E-state index in [2.05, 4.69) is 10.4 Å². The molecule has 1 atom stereocenters. The van der Waals surface area contributed by atoms with Crippen LogP contribution in [0.15, 0.2) is 12.4 Å². The topological polar surface area (TPSA) is 56.1 Å². The summed E-state index contributed by atoms with van der Waals surface area (Å²) >= 11 is 5.81. The van der Waals surface area contributed by atoms with Gasteiger partial charge < -0.3 is 10.1 Å². The Labute approximate surface area is 119 Å². The van der Waals surface area contributed by atoms with Crippen LogP contribution in [0.3, 0.4) is 0 Å². The average Bonchev–Trinajstić information content (AvgIpc) is 2.76. The first-order valence-corrected chi connectivity index (χ1v) is 7.01. The summed E-state index contributed by atoms with van der Waals surface area (Å²) in [5.74, 6) is -0.0354. The maximum atomic E-state index is 12.0. The summed E-state index contributed by atoms with van der Waals surface area (Å²) in [6.45, 7) is 7.20. The molecule has 6 heteroatoms. The van der Waals surface area contributed by atoms with Crippen LogP contribution >= 0.6 is 11.6 Å². The summed E-state index contributed by atoms with van der Waals surface area (Å²) in [4.78, 5) is 12.0. The van der Waals surface area contributed by atoms with Crippen molar-refractivity contribution in [3.63, 3.8) is 0 Å². The number of carbonyl (C=O) groups excluding carboxylic acids is 1. The van der Waals surface area contributed by atoms with E-state index in [0.717, 1.165) is 6.42 Å². The van der Waals surface area contributed by atoms with Crippen molar-refractivity contribution in [2.75, 3.05) is 13.2 Å². The Kier molecular flexibility index (Phi) is 6.87. The first kappa shape index (κ1) is 16.0. The maximum absolute atomic E-state index is 12.0. The summed E-state index contributed by atoms with van der Waals surface area (Å²) in [7, 11) is 0. The van der Waals surface area contributed by atoms with Gasteiger partial charge in [-0.1, -0.05) is 18.5 Å². The molecule has 0 aliphatic carbocycles. The summed E-state index contributed by atoms with van der Waals surface area (Å²) in [6, 6.07) is -0.307. The smallest absolute Gasteiger partial charge is 0.244 e. The van der Waals surface area contributed by atoms with Gasteiger partial charge in [-0.05, 0) is 26.7 Å². The molecule has 1 N–H and O–H groups in total. The Balaban J connectivity index is 2.34. The van der Waals surface area contributed by atoms with E-state index in [0.29, 0.717) is 24.6 Å². The minimum absolute atomic E-state index is 0.0354. The Morgan fingerprint density at radius 3 is 2.84 bits per heavy atom. The Bertz CT molecular complexity index is 393. The van der Waals surface area contributed by atoms with Crippen LogP contribution < -0.4 is 5.32 Å².